The van der Waals surface area contributed by atoms with Gasteiger partial charge in [-0.3, -0.25) is 14.4 Å². The fourth-order valence-corrected chi connectivity index (χ4v) is 7.47. The number of amides is 1. The number of phenolic OH excluding ortho intramolecular Hbond substituents is 3. The number of hydrogen-bond acceptors (Lipinski definition) is 14. The third-order valence-corrected chi connectivity index (χ3v) is 11.2. The third kappa shape index (κ3) is 9.75. The number of carbonyl (C=O) groups is 3. The summed E-state index contributed by atoms with van der Waals surface area (Å²) in [7, 11) is 1.43. The van der Waals surface area contributed by atoms with Gasteiger partial charge in [0.2, 0.25) is 0 Å². The number of anilines is 1. The molecule has 9 atom stereocenters. The van der Waals surface area contributed by atoms with Crippen LogP contribution in [0.5, 0.6) is 23.0 Å². The minimum Gasteiger partial charge on any atom is -0.507 e. The van der Waals surface area contributed by atoms with Crippen molar-refractivity contribution in [3.05, 3.63) is 65.5 Å². The second-order valence-electron chi connectivity index (χ2n) is 15.5. The van der Waals surface area contributed by atoms with Crippen molar-refractivity contribution in [3.8, 4) is 23.0 Å². The zero-order valence-electron chi connectivity index (χ0n) is 35.1. The van der Waals surface area contributed by atoms with Crippen molar-refractivity contribution in [1.82, 2.24) is 0 Å². The van der Waals surface area contributed by atoms with E-state index in [0.717, 1.165) is 19.1 Å². The number of oxime groups is 1. The number of rotatable bonds is 9. The maximum Gasteiger partial charge on any atom is 0.312 e. The molecule has 59 heavy (non-hydrogen) atoms. The lowest BCUT2D eigenvalue weighted by atomic mass is 9.78. The number of unbranched alkanes of at least 4 members (excludes halogenated alkanes) is 2. The molecular formula is C44H58N2O13. The van der Waals surface area contributed by atoms with Gasteiger partial charge in [-0.05, 0) is 39.2 Å². The molecule has 2 aromatic carbocycles. The lowest BCUT2D eigenvalue weighted by Gasteiger charge is -2.38. The van der Waals surface area contributed by atoms with Crippen LogP contribution in [0.4, 0.5) is 5.69 Å². The molecule has 15 nitrogen and oxygen atoms in total. The summed E-state index contributed by atoms with van der Waals surface area (Å²) in [5.74, 6) is -8.64. The number of hydrogen-bond donors (Lipinski definition) is 6. The minimum atomic E-state index is -2.06. The molecule has 6 N–H and O–H groups in total. The second kappa shape index (κ2) is 19.6. The lowest BCUT2D eigenvalue weighted by molar-refractivity contribution is -0.160. The number of nitrogens with zero attached hydrogens (tertiary/aromatic N) is 1. The van der Waals surface area contributed by atoms with Crippen molar-refractivity contribution in [1.29, 1.82) is 0 Å². The van der Waals surface area contributed by atoms with E-state index in [-0.39, 0.29) is 51.1 Å². The molecule has 5 bridgehead atoms. The Hall–Kier alpha value is -5.38. The van der Waals surface area contributed by atoms with E-state index in [1.165, 1.54) is 53.2 Å². The van der Waals surface area contributed by atoms with Gasteiger partial charge in [-0.25, -0.2) is 0 Å². The number of allylic oxidation sites excluding steroid dienone is 3. The topological polar surface area (TPSA) is 223 Å². The number of ether oxygens (including phenoxy) is 4. The summed E-state index contributed by atoms with van der Waals surface area (Å²) >= 11 is 0. The molecule has 3 aliphatic heterocycles. The SMILES string of the molecule is C=CCCCCON=Cc1c2c(O)c3c(O)c(C)c4c(c3c1O)C(=O)[C@@](C)(OC=C[C@H](OC)[C@H](C)[C@H](OC(C)=O)[C@H](C)[C@H](O)[C@H](C)[C@H](O)[C@H](C)C=CC=C(C)C(=O)N2)O4. The number of fused-ring (bicyclic) bond motifs is 14. The molecule has 5 rings (SSSR count). The van der Waals surface area contributed by atoms with E-state index in [1.54, 1.807) is 45.9 Å². The average molecular weight is 823 g/mol. The smallest absolute Gasteiger partial charge is 0.312 e. The molecule has 0 radical (unpaired) electrons. The van der Waals surface area contributed by atoms with Crippen LogP contribution in [0.3, 0.4) is 0 Å². The lowest BCUT2D eigenvalue weighted by Crippen LogP contribution is -2.46. The maximum atomic E-state index is 14.4. The van der Waals surface area contributed by atoms with Crippen molar-refractivity contribution < 1.29 is 63.7 Å². The molecule has 2 aromatic rings. The van der Waals surface area contributed by atoms with Crippen LogP contribution in [0.25, 0.3) is 10.8 Å². The number of aromatic hydroxyl groups is 3. The van der Waals surface area contributed by atoms with Crippen LogP contribution >= 0.6 is 0 Å². The Morgan fingerprint density at radius 2 is 1.68 bits per heavy atom. The Kier molecular flexibility index (Phi) is 15.4. The van der Waals surface area contributed by atoms with Gasteiger partial charge in [-0.15, -0.1) is 6.58 Å². The fraction of sp³-hybridized carbons (Fsp3) is 0.500. The van der Waals surface area contributed by atoms with E-state index >= 15 is 0 Å². The van der Waals surface area contributed by atoms with Crippen LogP contribution in [0.2, 0.25) is 0 Å². The predicted molar refractivity (Wildman–Crippen MR) is 221 cm³/mol. The zero-order valence-corrected chi connectivity index (χ0v) is 35.1. The van der Waals surface area contributed by atoms with Crippen LogP contribution in [0, 0.1) is 30.6 Å². The van der Waals surface area contributed by atoms with Gasteiger partial charge < -0.3 is 54.6 Å². The first kappa shape index (κ1) is 46.3. The van der Waals surface area contributed by atoms with Crippen LogP contribution in [0.15, 0.2) is 53.9 Å². The van der Waals surface area contributed by atoms with Gasteiger partial charge in [0.15, 0.2) is 5.75 Å². The number of carbonyl (C=O) groups excluding carboxylic acids is 3. The summed E-state index contributed by atoms with van der Waals surface area (Å²) in [5, 5.41) is 64.0. The Morgan fingerprint density at radius 3 is 2.32 bits per heavy atom. The normalized spacial score (nSPS) is 28.0. The number of phenols is 3. The molecular weight excluding hydrogens is 764 g/mol. The summed E-state index contributed by atoms with van der Waals surface area (Å²) in [6.45, 7) is 16.3. The highest BCUT2D eigenvalue weighted by Crippen LogP contribution is 2.55. The number of aliphatic hydroxyl groups is 2. The molecule has 0 saturated heterocycles. The van der Waals surface area contributed by atoms with Crippen LogP contribution in [-0.4, -0.2) is 93.3 Å². The first-order valence-electron chi connectivity index (χ1n) is 19.7. The Bertz CT molecular complexity index is 2040. The number of nitrogens with one attached hydrogen (secondary N) is 1. The van der Waals surface area contributed by atoms with Gasteiger partial charge in [0.05, 0.1) is 53.0 Å². The van der Waals surface area contributed by atoms with Gasteiger partial charge in [-0.1, -0.05) is 57.2 Å². The van der Waals surface area contributed by atoms with Crippen molar-refractivity contribution in [2.75, 3.05) is 19.0 Å². The molecule has 3 aliphatic rings. The van der Waals surface area contributed by atoms with E-state index in [1.807, 2.05) is 0 Å². The number of aliphatic hydroxyl groups excluding tert-OH is 2. The van der Waals surface area contributed by atoms with E-state index in [4.69, 9.17) is 23.8 Å². The van der Waals surface area contributed by atoms with Crippen molar-refractivity contribution in [3.63, 3.8) is 0 Å². The van der Waals surface area contributed by atoms with Crippen LogP contribution in [0.1, 0.15) is 89.2 Å². The molecule has 0 unspecified atom stereocenters. The quantitative estimate of drug-likeness (QED) is 0.0304. The van der Waals surface area contributed by atoms with E-state index in [9.17, 15) is 39.9 Å². The molecule has 322 valence electrons. The first-order chi connectivity index (χ1) is 27.8. The number of esters is 1. The van der Waals surface area contributed by atoms with Gasteiger partial charge in [0, 0.05) is 61.2 Å². The number of ketones is 1. The van der Waals surface area contributed by atoms with Crippen LogP contribution in [-0.2, 0) is 28.6 Å². The summed E-state index contributed by atoms with van der Waals surface area (Å²) < 4.78 is 23.5. The van der Waals surface area contributed by atoms with Gasteiger partial charge in [0.1, 0.15) is 30.0 Å². The second-order valence-corrected chi connectivity index (χ2v) is 15.5. The number of methoxy groups -OCH3 is 1. The van der Waals surface area contributed by atoms with Gasteiger partial charge in [0.25, 0.3) is 11.7 Å². The minimum absolute atomic E-state index is 0.0332. The standard InChI is InChI=1S/C44H58N2O13/c1-11-12-13-14-19-57-45-21-29-34-39(52)32-31(38(29)51)33-41(27(7)37(32)50)59-44(9,42(33)53)56-20-18-30(55-10)24(4)40(58-28(8)47)26(6)36(49)25(5)35(48)22(2)16-15-17-23(3)43(54)46-34/h11,15-18,20-22,24-26,30,35-36,40,48-52H,1,12-14,19H2,2-10H3,(H,46,54)/t22-,24+,25-,26-,30+,35-,36-,40+,44+/m1/s1. The molecule has 0 fully saturated rings. The predicted octanol–water partition coefficient (Wildman–Crippen LogP) is 6.46. The zero-order chi connectivity index (χ0) is 43.9. The summed E-state index contributed by atoms with van der Waals surface area (Å²) in [6.07, 6.45) is 8.51. The van der Waals surface area contributed by atoms with E-state index in [2.05, 4.69) is 17.1 Å². The van der Waals surface area contributed by atoms with Gasteiger partial charge >= 0.3 is 11.8 Å². The summed E-state index contributed by atoms with van der Waals surface area (Å²) in [5.41, 5.74) is -0.610. The molecule has 0 aliphatic carbocycles. The average Bonchev–Trinajstić information content (AvgIpc) is 3.46. The van der Waals surface area contributed by atoms with Crippen molar-refractivity contribution in [2.45, 2.75) is 105 Å². The highest BCUT2D eigenvalue weighted by atomic mass is 16.7. The molecule has 1 amide bonds. The first-order valence-corrected chi connectivity index (χ1v) is 19.7. The van der Waals surface area contributed by atoms with Crippen molar-refractivity contribution >= 4 is 40.3 Å². The molecule has 0 saturated carbocycles. The highest BCUT2D eigenvalue weighted by Gasteiger charge is 2.50. The maximum absolute atomic E-state index is 14.4. The Balaban J connectivity index is 1.94. The molecule has 15 heteroatoms. The number of benzene rings is 2. The fourth-order valence-electron chi connectivity index (χ4n) is 7.47. The Labute approximate surface area is 344 Å². The number of Topliss-reactive ketones (excluding diaryl/α,β-unsaturated/α-hetero) is 1. The van der Waals surface area contributed by atoms with E-state index in [0.29, 0.717) is 6.42 Å². The third-order valence-electron chi connectivity index (χ3n) is 11.2. The highest BCUT2D eigenvalue weighted by molar-refractivity contribution is 6.23. The monoisotopic (exact) mass is 822 g/mol. The Morgan fingerprint density at radius 1 is 0.983 bits per heavy atom. The largest absolute Gasteiger partial charge is 0.507 e. The van der Waals surface area contributed by atoms with E-state index < -0.39 is 88.8 Å². The summed E-state index contributed by atoms with van der Waals surface area (Å²) in [4.78, 5) is 45.7. The van der Waals surface area contributed by atoms with Gasteiger partial charge in [-0.2, -0.15) is 0 Å². The van der Waals surface area contributed by atoms with Crippen LogP contribution < -0.4 is 10.1 Å². The van der Waals surface area contributed by atoms with Crippen molar-refractivity contribution in [2.24, 2.45) is 28.8 Å². The molecule has 3 heterocycles. The molecule has 0 spiro atoms. The summed E-state index contributed by atoms with van der Waals surface area (Å²) in [6, 6.07) is 0. The molecule has 0 aromatic heterocycles.